The number of benzene rings is 2. The molecular weight excluding hydrogens is 333 g/mol. The quantitative estimate of drug-likeness (QED) is 0.799. The number of hydrogen-bond acceptors (Lipinski definition) is 3. The van der Waals surface area contributed by atoms with Crippen molar-refractivity contribution in [2.24, 2.45) is 0 Å². The molecule has 5 nitrogen and oxygen atoms in total. The second-order valence-corrected chi connectivity index (χ2v) is 6.31. The van der Waals surface area contributed by atoms with Crippen molar-refractivity contribution in [1.29, 1.82) is 0 Å². The minimum Gasteiger partial charge on any atom is -0.355 e. The van der Waals surface area contributed by atoms with Crippen LogP contribution in [0.1, 0.15) is 27.0 Å². The highest BCUT2D eigenvalue weighted by Crippen LogP contribution is 2.09. The average Bonchev–Trinajstić information content (AvgIpc) is 2.62. The Morgan fingerprint density at radius 3 is 2.35 bits per heavy atom. The van der Waals surface area contributed by atoms with Crippen molar-refractivity contribution in [1.82, 2.24) is 15.5 Å². The maximum Gasteiger partial charge on any atom is 0.251 e. The molecule has 0 bridgehead atoms. The van der Waals surface area contributed by atoms with Gasteiger partial charge in [-0.15, -0.1) is 0 Å². The first-order valence-corrected chi connectivity index (χ1v) is 8.40. The number of carbonyl (C=O) groups is 2. The van der Waals surface area contributed by atoms with E-state index in [4.69, 9.17) is 0 Å². The van der Waals surface area contributed by atoms with Gasteiger partial charge >= 0.3 is 0 Å². The summed E-state index contributed by atoms with van der Waals surface area (Å²) >= 11 is 0. The molecule has 0 aliphatic heterocycles. The van der Waals surface area contributed by atoms with Gasteiger partial charge in [-0.1, -0.05) is 24.3 Å². The normalized spacial score (nSPS) is 10.7. The van der Waals surface area contributed by atoms with Gasteiger partial charge in [-0.05, 0) is 48.9 Å². The molecule has 0 aliphatic carbocycles. The van der Waals surface area contributed by atoms with E-state index in [0.29, 0.717) is 24.2 Å². The van der Waals surface area contributed by atoms with E-state index in [2.05, 4.69) is 10.6 Å². The van der Waals surface area contributed by atoms with E-state index in [9.17, 15) is 14.0 Å². The minimum atomic E-state index is -0.269. The third-order valence-electron chi connectivity index (χ3n) is 4.04. The second kappa shape index (κ2) is 9.10. The number of likely N-dealkylation sites (N-methyl/N-ethyl adjacent to an activating group) is 1. The molecule has 0 atom stereocenters. The van der Waals surface area contributed by atoms with Gasteiger partial charge in [0.1, 0.15) is 5.82 Å². The van der Waals surface area contributed by atoms with Crippen molar-refractivity contribution < 1.29 is 14.0 Å². The van der Waals surface area contributed by atoms with Crippen molar-refractivity contribution in [2.45, 2.75) is 20.0 Å². The third kappa shape index (κ3) is 5.67. The van der Waals surface area contributed by atoms with Crippen molar-refractivity contribution in [2.75, 3.05) is 20.6 Å². The monoisotopic (exact) mass is 357 g/mol. The van der Waals surface area contributed by atoms with Gasteiger partial charge in [0.05, 0.1) is 6.54 Å². The lowest BCUT2D eigenvalue weighted by Crippen LogP contribution is -2.34. The van der Waals surface area contributed by atoms with Gasteiger partial charge in [-0.2, -0.15) is 0 Å². The van der Waals surface area contributed by atoms with Crippen LogP contribution < -0.4 is 10.6 Å². The summed E-state index contributed by atoms with van der Waals surface area (Å²) in [6.07, 6.45) is 0. The van der Waals surface area contributed by atoms with E-state index >= 15 is 0 Å². The second-order valence-electron chi connectivity index (χ2n) is 6.31. The average molecular weight is 357 g/mol. The molecule has 2 rings (SSSR count). The van der Waals surface area contributed by atoms with Gasteiger partial charge < -0.3 is 10.6 Å². The Morgan fingerprint density at radius 2 is 1.73 bits per heavy atom. The Hall–Kier alpha value is -2.73. The fourth-order valence-corrected chi connectivity index (χ4v) is 2.52. The maximum atomic E-state index is 13.5. The summed E-state index contributed by atoms with van der Waals surface area (Å²) < 4.78 is 13.5. The summed E-state index contributed by atoms with van der Waals surface area (Å²) in [6, 6.07) is 12.2. The first-order valence-electron chi connectivity index (χ1n) is 8.40. The highest BCUT2D eigenvalue weighted by atomic mass is 19.1. The van der Waals surface area contributed by atoms with E-state index < -0.39 is 0 Å². The molecule has 2 N–H and O–H groups in total. The molecule has 0 saturated heterocycles. The molecule has 2 aromatic carbocycles. The van der Waals surface area contributed by atoms with Gasteiger partial charge in [0.15, 0.2) is 0 Å². The molecule has 2 amide bonds. The number of nitrogens with zero attached hydrogens (tertiary/aromatic N) is 1. The Balaban J connectivity index is 1.81. The summed E-state index contributed by atoms with van der Waals surface area (Å²) in [7, 11) is 3.44. The zero-order chi connectivity index (χ0) is 19.1. The van der Waals surface area contributed by atoms with E-state index in [1.54, 1.807) is 38.2 Å². The van der Waals surface area contributed by atoms with Crippen LogP contribution in [0, 0.1) is 12.7 Å². The van der Waals surface area contributed by atoms with Gasteiger partial charge in [0, 0.05) is 25.7 Å². The van der Waals surface area contributed by atoms with E-state index in [1.165, 1.54) is 6.07 Å². The molecule has 2 aromatic rings. The Labute approximate surface area is 153 Å². The highest BCUT2D eigenvalue weighted by molar-refractivity contribution is 5.93. The zero-order valence-corrected chi connectivity index (χ0v) is 15.3. The number of halogens is 1. The van der Waals surface area contributed by atoms with Gasteiger partial charge in [-0.25, -0.2) is 4.39 Å². The minimum absolute atomic E-state index is 0.128. The molecule has 0 saturated carbocycles. The summed E-state index contributed by atoms with van der Waals surface area (Å²) in [5.74, 6) is -0.527. The first-order chi connectivity index (χ1) is 12.4. The number of rotatable bonds is 7. The zero-order valence-electron chi connectivity index (χ0n) is 15.3. The summed E-state index contributed by atoms with van der Waals surface area (Å²) in [5.41, 5.74) is 2.92. The lowest BCUT2D eigenvalue weighted by molar-refractivity contribution is -0.122. The summed E-state index contributed by atoms with van der Waals surface area (Å²) in [6.45, 7) is 2.81. The van der Waals surface area contributed by atoms with Gasteiger partial charge in [0.2, 0.25) is 5.91 Å². The number of amides is 2. The fourth-order valence-electron chi connectivity index (χ4n) is 2.52. The topological polar surface area (TPSA) is 61.4 Å². The molecule has 0 unspecified atom stereocenters. The molecule has 0 aliphatic rings. The standard InChI is InChI=1S/C20H24FN3O2/c1-14-4-5-16(10-18(14)21)11-23-19(25)13-24(3)12-15-6-8-17(9-7-15)20(26)22-2/h4-10H,11-13H2,1-3H3,(H,22,26)(H,23,25). The largest absolute Gasteiger partial charge is 0.355 e. The molecule has 0 spiro atoms. The smallest absolute Gasteiger partial charge is 0.251 e. The Bertz CT molecular complexity index is 775. The molecule has 0 fully saturated rings. The van der Waals surface area contributed by atoms with Crippen LogP contribution >= 0.6 is 0 Å². The number of carbonyl (C=O) groups excluding carboxylic acids is 2. The molecule has 0 heterocycles. The molecule has 6 heteroatoms. The molecule has 0 aromatic heterocycles. The van der Waals surface area contributed by atoms with Crippen LogP contribution in [0.4, 0.5) is 4.39 Å². The fraction of sp³-hybridized carbons (Fsp3) is 0.300. The lowest BCUT2D eigenvalue weighted by Gasteiger charge is -2.16. The maximum absolute atomic E-state index is 13.5. The van der Waals surface area contributed by atoms with Crippen molar-refractivity contribution in [3.05, 3.63) is 70.5 Å². The van der Waals surface area contributed by atoms with Crippen molar-refractivity contribution >= 4 is 11.8 Å². The first kappa shape index (κ1) is 19.6. The van der Waals surface area contributed by atoms with E-state index in [1.807, 2.05) is 24.1 Å². The number of aryl methyl sites for hydroxylation is 1. The number of hydrogen-bond donors (Lipinski definition) is 2. The molecular formula is C20H24FN3O2. The van der Waals surface area contributed by atoms with Crippen LogP contribution in [-0.2, 0) is 17.9 Å². The Morgan fingerprint density at radius 1 is 1.08 bits per heavy atom. The SMILES string of the molecule is CNC(=O)c1ccc(CN(C)CC(=O)NCc2ccc(C)c(F)c2)cc1. The van der Waals surface area contributed by atoms with E-state index in [-0.39, 0.29) is 24.2 Å². The summed E-state index contributed by atoms with van der Waals surface area (Å²) in [4.78, 5) is 25.4. The lowest BCUT2D eigenvalue weighted by atomic mass is 10.1. The van der Waals surface area contributed by atoms with Crippen LogP contribution in [0.2, 0.25) is 0 Å². The van der Waals surface area contributed by atoms with Crippen molar-refractivity contribution in [3.63, 3.8) is 0 Å². The predicted molar refractivity (Wildman–Crippen MR) is 99.1 cm³/mol. The molecule has 26 heavy (non-hydrogen) atoms. The Kier molecular flexibility index (Phi) is 6.86. The predicted octanol–water partition coefficient (Wildman–Crippen LogP) is 2.24. The third-order valence-corrected chi connectivity index (χ3v) is 4.04. The van der Waals surface area contributed by atoms with Crippen LogP contribution in [0.25, 0.3) is 0 Å². The number of nitrogens with one attached hydrogen (secondary N) is 2. The van der Waals surface area contributed by atoms with Gasteiger partial charge in [0.25, 0.3) is 5.91 Å². The van der Waals surface area contributed by atoms with Crippen LogP contribution in [0.3, 0.4) is 0 Å². The van der Waals surface area contributed by atoms with Gasteiger partial charge in [-0.3, -0.25) is 14.5 Å². The van der Waals surface area contributed by atoms with E-state index in [0.717, 1.165) is 11.1 Å². The van der Waals surface area contributed by atoms with Crippen LogP contribution in [0.5, 0.6) is 0 Å². The molecule has 138 valence electrons. The van der Waals surface area contributed by atoms with Crippen LogP contribution in [0.15, 0.2) is 42.5 Å². The van der Waals surface area contributed by atoms with Crippen molar-refractivity contribution in [3.8, 4) is 0 Å². The summed E-state index contributed by atoms with van der Waals surface area (Å²) in [5, 5.41) is 5.37. The molecule has 0 radical (unpaired) electrons. The highest BCUT2D eigenvalue weighted by Gasteiger charge is 2.09. The van der Waals surface area contributed by atoms with Crippen LogP contribution in [-0.4, -0.2) is 37.4 Å².